The predicted molar refractivity (Wildman–Crippen MR) is 78.7 cm³/mol. The summed E-state index contributed by atoms with van der Waals surface area (Å²) in [6.45, 7) is 9.72. The van der Waals surface area contributed by atoms with Crippen LogP contribution in [-0.2, 0) is 11.3 Å². The molecule has 1 saturated heterocycles. The maximum absolute atomic E-state index is 9.68. The number of aliphatic hydroxyl groups excluding tert-OH is 1. The van der Waals surface area contributed by atoms with Crippen LogP contribution >= 0.6 is 0 Å². The molecule has 0 amide bonds. The van der Waals surface area contributed by atoms with Gasteiger partial charge >= 0.3 is 0 Å². The van der Waals surface area contributed by atoms with Crippen molar-refractivity contribution < 1.29 is 9.84 Å². The van der Waals surface area contributed by atoms with E-state index >= 15 is 0 Å². The van der Waals surface area contributed by atoms with E-state index in [1.54, 1.807) is 0 Å². The average Bonchev–Trinajstić information content (AvgIpc) is 2.76. The molecule has 1 fully saturated rings. The molecule has 5 heteroatoms. The molecule has 2 rings (SSSR count). The van der Waals surface area contributed by atoms with Crippen molar-refractivity contribution in [3.8, 4) is 0 Å². The molecular weight excluding hydrogens is 254 g/mol. The lowest BCUT2D eigenvalue weighted by Crippen LogP contribution is -2.45. The van der Waals surface area contributed by atoms with E-state index in [1.807, 2.05) is 11.6 Å². The fourth-order valence-corrected chi connectivity index (χ4v) is 2.77. The first-order valence-electron chi connectivity index (χ1n) is 7.48. The lowest BCUT2D eigenvalue weighted by molar-refractivity contribution is -0.0165. The monoisotopic (exact) mass is 281 g/mol. The second-order valence-corrected chi connectivity index (χ2v) is 6.16. The molecule has 2 N–H and O–H groups in total. The van der Waals surface area contributed by atoms with E-state index in [9.17, 15) is 5.11 Å². The number of nitrogens with one attached hydrogen (secondary N) is 1. The molecule has 1 atom stereocenters. The molecule has 0 saturated carbocycles. The van der Waals surface area contributed by atoms with Crippen molar-refractivity contribution in [2.75, 3.05) is 26.4 Å². The summed E-state index contributed by atoms with van der Waals surface area (Å²) in [5.74, 6) is 0. The van der Waals surface area contributed by atoms with E-state index in [-0.39, 0.29) is 12.0 Å². The van der Waals surface area contributed by atoms with Gasteiger partial charge in [0.1, 0.15) is 0 Å². The van der Waals surface area contributed by atoms with Crippen LogP contribution in [0.5, 0.6) is 0 Å². The Morgan fingerprint density at radius 3 is 2.70 bits per heavy atom. The standard InChI is InChI=1S/C15H27N3O2/c1-12-8-14(3)18(17-12)9-13(2)16-10-15(11-19)4-6-20-7-5-15/h8,13,16,19H,4-7,9-11H2,1-3H3/t13-/m0/s1. The third kappa shape index (κ3) is 3.81. The van der Waals surface area contributed by atoms with Gasteiger partial charge < -0.3 is 15.2 Å². The van der Waals surface area contributed by atoms with Crippen LogP contribution in [0.3, 0.4) is 0 Å². The van der Waals surface area contributed by atoms with Crippen LogP contribution in [0.1, 0.15) is 31.2 Å². The van der Waals surface area contributed by atoms with Gasteiger partial charge in [-0.1, -0.05) is 0 Å². The van der Waals surface area contributed by atoms with Crippen molar-refractivity contribution in [2.45, 2.75) is 46.2 Å². The van der Waals surface area contributed by atoms with Crippen molar-refractivity contribution in [3.63, 3.8) is 0 Å². The van der Waals surface area contributed by atoms with Gasteiger partial charge in [0, 0.05) is 36.9 Å². The Labute approximate surface area is 121 Å². The van der Waals surface area contributed by atoms with Crippen LogP contribution in [-0.4, -0.2) is 47.3 Å². The Kier molecular flexibility index (Phi) is 5.18. The number of hydrogen-bond donors (Lipinski definition) is 2. The molecule has 5 nitrogen and oxygen atoms in total. The molecule has 1 aromatic rings. The summed E-state index contributed by atoms with van der Waals surface area (Å²) in [6.07, 6.45) is 1.87. The molecule has 0 aromatic carbocycles. The largest absolute Gasteiger partial charge is 0.396 e. The maximum Gasteiger partial charge on any atom is 0.0596 e. The van der Waals surface area contributed by atoms with Gasteiger partial charge in [0.15, 0.2) is 0 Å². The first-order valence-corrected chi connectivity index (χ1v) is 7.48. The number of rotatable bonds is 6. The first kappa shape index (κ1) is 15.5. The van der Waals surface area contributed by atoms with E-state index in [4.69, 9.17) is 4.74 Å². The molecule has 2 heterocycles. The zero-order valence-electron chi connectivity index (χ0n) is 12.9. The summed E-state index contributed by atoms with van der Waals surface area (Å²) < 4.78 is 7.44. The quantitative estimate of drug-likeness (QED) is 0.824. The Balaban J connectivity index is 1.85. The predicted octanol–water partition coefficient (Wildman–Crippen LogP) is 1.27. The Morgan fingerprint density at radius 1 is 1.45 bits per heavy atom. The summed E-state index contributed by atoms with van der Waals surface area (Å²) in [6, 6.07) is 2.43. The summed E-state index contributed by atoms with van der Waals surface area (Å²) in [4.78, 5) is 0. The minimum Gasteiger partial charge on any atom is -0.396 e. The second kappa shape index (κ2) is 6.70. The summed E-state index contributed by atoms with van der Waals surface area (Å²) in [7, 11) is 0. The molecule has 0 radical (unpaired) electrons. The van der Waals surface area contributed by atoms with Crippen molar-refractivity contribution in [1.29, 1.82) is 0 Å². The van der Waals surface area contributed by atoms with Crippen molar-refractivity contribution >= 4 is 0 Å². The lowest BCUT2D eigenvalue weighted by Gasteiger charge is -2.36. The van der Waals surface area contributed by atoms with Gasteiger partial charge in [-0.05, 0) is 39.7 Å². The highest BCUT2D eigenvalue weighted by molar-refractivity contribution is 5.06. The van der Waals surface area contributed by atoms with Gasteiger partial charge in [-0.25, -0.2) is 0 Å². The van der Waals surface area contributed by atoms with Crippen LogP contribution in [0.15, 0.2) is 6.07 Å². The minimum absolute atomic E-state index is 0.0123. The van der Waals surface area contributed by atoms with Crippen LogP contribution in [0.4, 0.5) is 0 Å². The van der Waals surface area contributed by atoms with Gasteiger partial charge in [-0.15, -0.1) is 0 Å². The summed E-state index contributed by atoms with van der Waals surface area (Å²) >= 11 is 0. The third-order valence-electron chi connectivity index (χ3n) is 4.26. The van der Waals surface area contributed by atoms with Crippen LogP contribution in [0, 0.1) is 19.3 Å². The highest BCUT2D eigenvalue weighted by atomic mass is 16.5. The topological polar surface area (TPSA) is 59.3 Å². The number of hydrogen-bond acceptors (Lipinski definition) is 4. The van der Waals surface area contributed by atoms with E-state index in [1.165, 1.54) is 5.69 Å². The Bertz CT molecular complexity index is 425. The number of nitrogens with zero attached hydrogens (tertiary/aromatic N) is 2. The number of aryl methyl sites for hydroxylation is 2. The van der Waals surface area contributed by atoms with Gasteiger partial charge in [0.05, 0.1) is 18.8 Å². The van der Waals surface area contributed by atoms with Gasteiger partial charge in [0.2, 0.25) is 0 Å². The zero-order chi connectivity index (χ0) is 14.6. The fourth-order valence-electron chi connectivity index (χ4n) is 2.77. The number of ether oxygens (including phenoxy) is 1. The smallest absolute Gasteiger partial charge is 0.0596 e. The maximum atomic E-state index is 9.68. The van der Waals surface area contributed by atoms with Gasteiger partial charge in [0.25, 0.3) is 0 Å². The molecule has 0 bridgehead atoms. The molecule has 1 aliphatic rings. The molecule has 0 spiro atoms. The molecule has 0 aliphatic carbocycles. The van der Waals surface area contributed by atoms with E-state index in [2.05, 4.69) is 30.3 Å². The Hall–Kier alpha value is -0.910. The van der Waals surface area contributed by atoms with Crippen LogP contribution < -0.4 is 5.32 Å². The van der Waals surface area contributed by atoms with Crippen molar-refractivity contribution in [2.24, 2.45) is 5.41 Å². The first-order chi connectivity index (χ1) is 9.54. The summed E-state index contributed by atoms with van der Waals surface area (Å²) in [5, 5.41) is 17.7. The van der Waals surface area contributed by atoms with Gasteiger partial charge in [-0.3, -0.25) is 4.68 Å². The molecule has 20 heavy (non-hydrogen) atoms. The summed E-state index contributed by atoms with van der Waals surface area (Å²) in [5.41, 5.74) is 2.24. The van der Waals surface area contributed by atoms with E-state index in [0.29, 0.717) is 6.04 Å². The van der Waals surface area contributed by atoms with E-state index < -0.39 is 0 Å². The fraction of sp³-hybridized carbons (Fsp3) is 0.800. The molecule has 0 unspecified atom stereocenters. The van der Waals surface area contributed by atoms with Crippen LogP contribution in [0.2, 0.25) is 0 Å². The van der Waals surface area contributed by atoms with Crippen molar-refractivity contribution in [1.82, 2.24) is 15.1 Å². The Morgan fingerprint density at radius 2 is 2.15 bits per heavy atom. The number of aliphatic hydroxyl groups is 1. The lowest BCUT2D eigenvalue weighted by atomic mass is 9.81. The normalized spacial score (nSPS) is 20.0. The highest BCUT2D eigenvalue weighted by Crippen LogP contribution is 2.29. The number of aromatic nitrogens is 2. The molecule has 1 aromatic heterocycles. The zero-order valence-corrected chi connectivity index (χ0v) is 12.9. The highest BCUT2D eigenvalue weighted by Gasteiger charge is 2.32. The third-order valence-corrected chi connectivity index (χ3v) is 4.26. The van der Waals surface area contributed by atoms with Crippen LogP contribution in [0.25, 0.3) is 0 Å². The molecular formula is C15H27N3O2. The minimum atomic E-state index is -0.0123. The van der Waals surface area contributed by atoms with Crippen molar-refractivity contribution in [3.05, 3.63) is 17.5 Å². The van der Waals surface area contributed by atoms with Gasteiger partial charge in [-0.2, -0.15) is 5.10 Å². The van der Waals surface area contributed by atoms with E-state index in [0.717, 1.165) is 44.8 Å². The molecule has 114 valence electrons. The second-order valence-electron chi connectivity index (χ2n) is 6.16. The average molecular weight is 281 g/mol. The SMILES string of the molecule is Cc1cc(C)n(C[C@H](C)NCC2(CO)CCOCC2)n1. The molecule has 1 aliphatic heterocycles.